The summed E-state index contributed by atoms with van der Waals surface area (Å²) in [6.45, 7) is 2.87. The zero-order chi connectivity index (χ0) is 33.9. The number of carbonyl (C=O) groups excluding carboxylic acids is 3. The van der Waals surface area contributed by atoms with E-state index in [9.17, 15) is 34.5 Å². The van der Waals surface area contributed by atoms with Crippen LogP contribution >= 0.6 is 0 Å². The summed E-state index contributed by atoms with van der Waals surface area (Å²) in [7, 11) is 3.99. The molecule has 248 valence electrons. The molecule has 2 aromatic rings. The third-order valence-electron chi connectivity index (χ3n) is 6.81. The van der Waals surface area contributed by atoms with Crippen LogP contribution in [0.4, 0.5) is 0 Å². The number of aliphatic carboxylic acids is 1. The maximum atomic E-state index is 12.4. The molecule has 4 rings (SSSR count). The molecule has 1 saturated heterocycles. The predicted molar refractivity (Wildman–Crippen MR) is 151 cm³/mol. The van der Waals surface area contributed by atoms with Gasteiger partial charge in [-0.2, -0.15) is 0 Å². The Morgan fingerprint density at radius 3 is 1.93 bits per heavy atom. The van der Waals surface area contributed by atoms with E-state index in [1.807, 2.05) is 0 Å². The second-order valence-corrected chi connectivity index (χ2v) is 9.97. The first kappa shape index (κ1) is 33.7. The number of hydrogen-bond donors (Lipinski definition) is 3. The van der Waals surface area contributed by atoms with Gasteiger partial charge in [0.1, 0.15) is 28.9 Å². The highest BCUT2D eigenvalue weighted by Crippen LogP contribution is 2.52. The minimum atomic E-state index is -3.23. The maximum Gasteiger partial charge on any atom is 0.369 e. The van der Waals surface area contributed by atoms with E-state index in [1.165, 1.54) is 33.5 Å². The lowest BCUT2D eigenvalue weighted by Crippen LogP contribution is -2.69. The number of carbonyl (C=O) groups is 4. The number of fused-ring (bicyclic) bond motifs is 1. The van der Waals surface area contributed by atoms with Gasteiger partial charge in [0.2, 0.25) is 18.0 Å². The Balaban J connectivity index is 1.93. The zero-order valence-corrected chi connectivity index (χ0v) is 25.5. The number of aromatic hydroxyl groups is 1. The predicted octanol–water partition coefficient (Wildman–Crippen LogP) is 1.83. The summed E-state index contributed by atoms with van der Waals surface area (Å²) in [5, 5.41) is 32.6. The Bertz CT molecular complexity index is 1530. The van der Waals surface area contributed by atoms with Crippen LogP contribution < -0.4 is 18.9 Å². The molecule has 0 bridgehead atoms. The number of rotatable bonds is 10. The van der Waals surface area contributed by atoms with Crippen molar-refractivity contribution in [3.8, 4) is 28.7 Å². The molecule has 46 heavy (non-hydrogen) atoms. The van der Waals surface area contributed by atoms with E-state index in [4.69, 9.17) is 42.6 Å². The number of ether oxygens (including phenoxy) is 9. The number of phenols is 1. The van der Waals surface area contributed by atoms with Crippen LogP contribution in [0.15, 0.2) is 36.4 Å². The van der Waals surface area contributed by atoms with E-state index in [2.05, 4.69) is 0 Å². The Labute approximate surface area is 261 Å². The number of benzene rings is 2. The fourth-order valence-electron chi connectivity index (χ4n) is 5.02. The minimum Gasteiger partial charge on any atom is -0.504 e. The van der Waals surface area contributed by atoms with Crippen LogP contribution in [0.2, 0.25) is 0 Å². The van der Waals surface area contributed by atoms with Gasteiger partial charge in [0.05, 0.1) is 21.3 Å². The van der Waals surface area contributed by atoms with E-state index in [1.54, 1.807) is 24.3 Å². The summed E-state index contributed by atoms with van der Waals surface area (Å²) in [4.78, 5) is 48.7. The molecule has 0 saturated carbocycles. The number of carboxylic acids is 1. The monoisotopic (exact) mass is 648 g/mol. The van der Waals surface area contributed by atoms with E-state index >= 15 is 0 Å². The Hall–Kier alpha value is -5.22. The van der Waals surface area contributed by atoms with Crippen LogP contribution in [0.3, 0.4) is 0 Å². The van der Waals surface area contributed by atoms with Gasteiger partial charge in [-0.25, -0.2) is 4.79 Å². The van der Waals surface area contributed by atoms with Crippen molar-refractivity contribution in [3.05, 3.63) is 47.5 Å². The minimum absolute atomic E-state index is 0.0407. The lowest BCUT2D eigenvalue weighted by atomic mass is 9.95. The molecule has 0 aromatic heterocycles. The van der Waals surface area contributed by atoms with Gasteiger partial charge in [-0.1, -0.05) is 12.1 Å². The first-order chi connectivity index (χ1) is 21.7. The average molecular weight is 649 g/mol. The molecule has 2 heterocycles. The van der Waals surface area contributed by atoms with Crippen molar-refractivity contribution in [2.24, 2.45) is 0 Å². The van der Waals surface area contributed by atoms with Gasteiger partial charge in [0, 0.05) is 32.9 Å². The molecule has 0 radical (unpaired) electrons. The van der Waals surface area contributed by atoms with Crippen molar-refractivity contribution in [1.29, 1.82) is 0 Å². The van der Waals surface area contributed by atoms with Crippen LogP contribution in [-0.4, -0.2) is 90.9 Å². The van der Waals surface area contributed by atoms with E-state index in [0.717, 1.165) is 20.8 Å². The highest BCUT2D eigenvalue weighted by Gasteiger charge is 2.64. The van der Waals surface area contributed by atoms with Gasteiger partial charge < -0.3 is 53.2 Å². The lowest BCUT2D eigenvalue weighted by molar-refractivity contribution is -0.424. The van der Waals surface area contributed by atoms with Gasteiger partial charge in [0.15, 0.2) is 23.7 Å². The molecule has 2 unspecified atom stereocenters. The standard InChI is InChI=1S/C30H32O16/c1-13(31)41-25-26(42-14(2)32)28(43-15(3)33)30(37,46-27(25)29(35)36)45-21-12-19(16-7-9-17(38-4)10-8-16)44-20-11-18(34)23(39-5)24(40-6)22(20)21/h7-12,19,25-28,34,37H,1-6H3,(H,35,36)/t19?,25-,26-,27-,28+,30?/m0/s1. The molecule has 2 aromatic carbocycles. The molecule has 2 aliphatic rings. The average Bonchev–Trinajstić information content (AvgIpc) is 2.98. The molecule has 6 atom stereocenters. The van der Waals surface area contributed by atoms with E-state index in [-0.39, 0.29) is 34.3 Å². The molecule has 0 spiro atoms. The van der Waals surface area contributed by atoms with Crippen molar-refractivity contribution in [1.82, 2.24) is 0 Å². The highest BCUT2D eigenvalue weighted by atomic mass is 16.9. The van der Waals surface area contributed by atoms with Gasteiger partial charge in [0.25, 0.3) is 0 Å². The highest BCUT2D eigenvalue weighted by molar-refractivity contribution is 5.79. The number of esters is 3. The molecular formula is C30H32O16. The normalized spacial score (nSPS) is 25.0. The van der Waals surface area contributed by atoms with Gasteiger partial charge in [-0.05, 0) is 17.7 Å². The van der Waals surface area contributed by atoms with Gasteiger partial charge >= 0.3 is 29.9 Å². The van der Waals surface area contributed by atoms with Crippen LogP contribution in [0.25, 0.3) is 5.76 Å². The molecule has 16 nitrogen and oxygen atoms in total. The topological polar surface area (TPSA) is 212 Å². The van der Waals surface area contributed by atoms with Crippen molar-refractivity contribution < 1.29 is 77.1 Å². The van der Waals surface area contributed by atoms with Gasteiger partial charge in [-0.15, -0.1) is 0 Å². The van der Waals surface area contributed by atoms with E-state index in [0.29, 0.717) is 11.3 Å². The molecule has 0 aliphatic carbocycles. The van der Waals surface area contributed by atoms with Crippen LogP contribution in [0, 0.1) is 0 Å². The molecule has 3 N–H and O–H groups in total. The summed E-state index contributed by atoms with van der Waals surface area (Å²) >= 11 is 0. The lowest BCUT2D eigenvalue weighted by Gasteiger charge is -2.47. The number of aliphatic hydroxyl groups is 1. The second kappa shape index (κ2) is 13.4. The molecule has 2 aliphatic heterocycles. The molecular weight excluding hydrogens is 616 g/mol. The number of phenolic OH excluding ortho intramolecular Hbond substituents is 1. The van der Waals surface area contributed by atoms with Crippen molar-refractivity contribution in [3.63, 3.8) is 0 Å². The summed E-state index contributed by atoms with van der Waals surface area (Å²) in [5.74, 6) is -8.51. The Morgan fingerprint density at radius 2 is 1.41 bits per heavy atom. The quantitative estimate of drug-likeness (QED) is 0.190. The smallest absolute Gasteiger partial charge is 0.369 e. The molecule has 1 fully saturated rings. The van der Waals surface area contributed by atoms with Crippen LogP contribution in [0.1, 0.15) is 38.0 Å². The number of methoxy groups -OCH3 is 3. The van der Waals surface area contributed by atoms with Crippen molar-refractivity contribution in [2.45, 2.75) is 57.3 Å². The fourth-order valence-corrected chi connectivity index (χ4v) is 5.02. The van der Waals surface area contributed by atoms with Crippen LogP contribution in [0.5, 0.6) is 28.7 Å². The third-order valence-corrected chi connectivity index (χ3v) is 6.81. The van der Waals surface area contributed by atoms with E-state index < -0.39 is 60.4 Å². The maximum absolute atomic E-state index is 12.4. The largest absolute Gasteiger partial charge is 0.504 e. The van der Waals surface area contributed by atoms with Gasteiger partial charge in [-0.3, -0.25) is 19.1 Å². The number of hydrogen-bond acceptors (Lipinski definition) is 15. The van der Waals surface area contributed by atoms with Crippen molar-refractivity contribution in [2.75, 3.05) is 21.3 Å². The molecule has 16 heteroatoms. The third kappa shape index (κ3) is 6.72. The SMILES string of the molecule is COc1ccc(C2C=C(OC3(O)O[C@H](C(=O)O)[C@@H](OC(C)=O)[C@H](OC(C)=O)[C@H]3OC(C)=O)c3c(cc(O)c(OC)c3OC)O2)cc1. The summed E-state index contributed by atoms with van der Waals surface area (Å²) in [6, 6.07) is 7.82. The molecule has 0 amide bonds. The number of carboxylic acid groups (broad SMARTS) is 1. The Kier molecular flexibility index (Phi) is 9.82. The summed E-state index contributed by atoms with van der Waals surface area (Å²) in [5.41, 5.74) is 0.490. The van der Waals surface area contributed by atoms with Crippen LogP contribution in [-0.2, 0) is 42.9 Å². The zero-order valence-electron chi connectivity index (χ0n) is 25.5. The Morgan fingerprint density at radius 1 is 0.826 bits per heavy atom. The van der Waals surface area contributed by atoms with Crippen molar-refractivity contribution >= 4 is 29.6 Å². The first-order valence-corrected chi connectivity index (χ1v) is 13.6. The first-order valence-electron chi connectivity index (χ1n) is 13.6. The fraction of sp³-hybridized carbons (Fsp3) is 0.400. The summed E-state index contributed by atoms with van der Waals surface area (Å²) < 4.78 is 49.2. The summed E-state index contributed by atoms with van der Waals surface area (Å²) in [6.07, 6.45) is -7.81. The second-order valence-electron chi connectivity index (χ2n) is 9.97.